The maximum atomic E-state index is 8.74. The predicted octanol–water partition coefficient (Wildman–Crippen LogP) is 0.754. The monoisotopic (exact) mass is 352 g/mol. The Morgan fingerprint density at radius 2 is 2.18 bits per heavy atom. The largest absolute Gasteiger partial charge is 0.492 e. The molecule has 96 valence electrons. The zero-order valence-corrected chi connectivity index (χ0v) is 12.4. The molecule has 0 amide bonds. The van der Waals surface area contributed by atoms with E-state index in [4.69, 9.17) is 14.6 Å². The normalized spacial score (nSPS) is 10.4. The van der Waals surface area contributed by atoms with Gasteiger partial charge in [0.15, 0.2) is 11.5 Å². The van der Waals surface area contributed by atoms with Crippen LogP contribution in [0.3, 0.4) is 0 Å². The summed E-state index contributed by atoms with van der Waals surface area (Å²) in [5, 5.41) is 10.8. The van der Waals surface area contributed by atoms with Crippen LogP contribution in [0.15, 0.2) is 12.1 Å². The number of aliphatic hydroxyl groups is 1. The van der Waals surface area contributed by atoms with Crippen LogP contribution in [0.5, 0.6) is 11.5 Å². The molecule has 0 spiro atoms. The van der Waals surface area contributed by atoms with Crippen LogP contribution < -0.4 is 14.8 Å². The van der Waals surface area contributed by atoms with Crippen LogP contribution >= 0.6 is 22.6 Å². The summed E-state index contributed by atoms with van der Waals surface area (Å²) in [6.07, 6.45) is 0. The van der Waals surface area contributed by atoms with Gasteiger partial charge in [0, 0.05) is 5.56 Å². The fraction of sp³-hybridized carbons (Fsp3) is 0.500. The lowest BCUT2D eigenvalue weighted by molar-refractivity contribution is -0.671. The van der Waals surface area contributed by atoms with Crippen LogP contribution in [0.1, 0.15) is 12.5 Å². The van der Waals surface area contributed by atoms with Gasteiger partial charge in [-0.2, -0.15) is 0 Å². The molecule has 17 heavy (non-hydrogen) atoms. The molecule has 0 aliphatic rings. The molecular formula is C12H19INO3+. The number of quaternary nitrogens is 1. The molecule has 0 atom stereocenters. The minimum absolute atomic E-state index is 0.200. The highest BCUT2D eigenvalue weighted by molar-refractivity contribution is 14.1. The van der Waals surface area contributed by atoms with Gasteiger partial charge in [-0.05, 0) is 41.6 Å². The van der Waals surface area contributed by atoms with Crippen LogP contribution in [0.2, 0.25) is 0 Å². The molecule has 0 bridgehead atoms. The van der Waals surface area contributed by atoms with Crippen LogP contribution in [-0.4, -0.2) is 32.0 Å². The average molecular weight is 352 g/mol. The number of hydrogen-bond donors (Lipinski definition) is 2. The van der Waals surface area contributed by atoms with Gasteiger partial charge < -0.3 is 19.9 Å². The average Bonchev–Trinajstić information content (AvgIpc) is 2.30. The van der Waals surface area contributed by atoms with Crippen LogP contribution in [0.4, 0.5) is 0 Å². The molecule has 3 N–H and O–H groups in total. The van der Waals surface area contributed by atoms with E-state index in [0.29, 0.717) is 13.2 Å². The predicted molar refractivity (Wildman–Crippen MR) is 74.5 cm³/mol. The van der Waals surface area contributed by atoms with E-state index >= 15 is 0 Å². The number of halogens is 1. The molecule has 4 nitrogen and oxygen atoms in total. The first-order chi connectivity index (χ1) is 8.22. The Bertz CT molecular complexity index is 358. The highest BCUT2D eigenvalue weighted by Gasteiger charge is 2.11. The smallest absolute Gasteiger partial charge is 0.174 e. The summed E-state index contributed by atoms with van der Waals surface area (Å²) in [5.41, 5.74) is 1.17. The molecule has 1 aromatic rings. The Kier molecular flexibility index (Phi) is 6.61. The molecule has 0 heterocycles. The number of ether oxygens (including phenoxy) is 2. The van der Waals surface area contributed by atoms with Crippen molar-refractivity contribution in [3.05, 3.63) is 21.3 Å². The number of hydrogen-bond acceptors (Lipinski definition) is 3. The van der Waals surface area contributed by atoms with E-state index in [1.165, 1.54) is 5.56 Å². The highest BCUT2D eigenvalue weighted by Crippen LogP contribution is 2.33. The van der Waals surface area contributed by atoms with Crippen molar-refractivity contribution in [2.24, 2.45) is 0 Å². The lowest BCUT2D eigenvalue weighted by Gasteiger charge is -2.12. The summed E-state index contributed by atoms with van der Waals surface area (Å²) >= 11 is 2.24. The summed E-state index contributed by atoms with van der Waals surface area (Å²) in [7, 11) is 1.65. The Labute approximate surface area is 115 Å². The third-order valence-corrected chi connectivity index (χ3v) is 3.09. The third-order valence-electron chi connectivity index (χ3n) is 2.29. The first kappa shape index (κ1) is 14.5. The minimum Gasteiger partial charge on any atom is -0.492 e. The molecule has 1 rings (SSSR count). The van der Waals surface area contributed by atoms with Gasteiger partial charge in [-0.25, -0.2) is 0 Å². The van der Waals surface area contributed by atoms with Crippen molar-refractivity contribution >= 4 is 22.6 Å². The summed E-state index contributed by atoms with van der Waals surface area (Å²) in [5.74, 6) is 1.58. The van der Waals surface area contributed by atoms with E-state index < -0.39 is 0 Å². The Morgan fingerprint density at radius 1 is 1.41 bits per heavy atom. The highest BCUT2D eigenvalue weighted by atomic mass is 127. The topological polar surface area (TPSA) is 55.3 Å². The summed E-state index contributed by atoms with van der Waals surface area (Å²) < 4.78 is 11.9. The lowest BCUT2D eigenvalue weighted by Crippen LogP contribution is -2.83. The molecular weight excluding hydrogens is 333 g/mol. The number of methoxy groups -OCH3 is 1. The Balaban J connectivity index is 2.85. The summed E-state index contributed by atoms with van der Waals surface area (Å²) in [6, 6.07) is 4.08. The Hall–Kier alpha value is -0.530. The maximum absolute atomic E-state index is 8.74. The van der Waals surface area contributed by atoms with E-state index in [9.17, 15) is 0 Å². The molecule has 0 saturated carbocycles. The number of rotatable bonds is 7. The Morgan fingerprint density at radius 3 is 2.76 bits per heavy atom. The molecule has 0 radical (unpaired) electrons. The van der Waals surface area contributed by atoms with Gasteiger partial charge in [0.25, 0.3) is 0 Å². The van der Waals surface area contributed by atoms with Crippen molar-refractivity contribution in [2.75, 3.05) is 26.9 Å². The quantitative estimate of drug-likeness (QED) is 0.563. The zero-order chi connectivity index (χ0) is 12.7. The van der Waals surface area contributed by atoms with E-state index in [1.54, 1.807) is 7.11 Å². The van der Waals surface area contributed by atoms with Crippen LogP contribution in [-0.2, 0) is 6.54 Å². The molecule has 0 fully saturated rings. The van der Waals surface area contributed by atoms with Gasteiger partial charge in [0.05, 0.1) is 30.4 Å². The summed E-state index contributed by atoms with van der Waals surface area (Å²) in [6.45, 7) is 4.33. The zero-order valence-electron chi connectivity index (χ0n) is 10.2. The SMILES string of the molecule is CCOc1cc(C[NH2+]CCO)cc(I)c1OC. The standard InChI is InChI=1S/C12H18INO3/c1-3-17-11-7-9(8-14-4-5-15)6-10(13)12(11)16-2/h6-7,14-15H,3-5,8H2,1-2H3/p+1. The molecule has 0 aliphatic heterocycles. The van der Waals surface area contributed by atoms with Crippen molar-refractivity contribution in [2.45, 2.75) is 13.5 Å². The van der Waals surface area contributed by atoms with Crippen molar-refractivity contribution in [3.63, 3.8) is 0 Å². The van der Waals surface area contributed by atoms with Crippen molar-refractivity contribution in [1.82, 2.24) is 0 Å². The fourth-order valence-electron chi connectivity index (χ4n) is 1.56. The molecule has 0 aromatic heterocycles. The van der Waals surface area contributed by atoms with Gasteiger partial charge in [-0.1, -0.05) is 0 Å². The molecule has 1 aromatic carbocycles. The number of benzene rings is 1. The minimum atomic E-state index is 0.200. The van der Waals surface area contributed by atoms with Gasteiger partial charge in [0.2, 0.25) is 0 Å². The molecule has 0 unspecified atom stereocenters. The van der Waals surface area contributed by atoms with Gasteiger partial charge in [-0.15, -0.1) is 0 Å². The van der Waals surface area contributed by atoms with Crippen molar-refractivity contribution in [3.8, 4) is 11.5 Å². The maximum Gasteiger partial charge on any atom is 0.174 e. The molecule has 0 aliphatic carbocycles. The van der Waals surface area contributed by atoms with E-state index in [0.717, 1.165) is 21.6 Å². The van der Waals surface area contributed by atoms with Gasteiger partial charge in [-0.3, -0.25) is 0 Å². The van der Waals surface area contributed by atoms with Crippen molar-refractivity contribution in [1.29, 1.82) is 0 Å². The second-order valence-corrected chi connectivity index (χ2v) is 4.71. The van der Waals surface area contributed by atoms with Crippen LogP contribution in [0.25, 0.3) is 0 Å². The first-order valence-corrected chi connectivity index (χ1v) is 6.72. The van der Waals surface area contributed by atoms with Crippen LogP contribution in [0, 0.1) is 3.57 Å². The van der Waals surface area contributed by atoms with E-state index in [2.05, 4.69) is 34.0 Å². The van der Waals surface area contributed by atoms with E-state index in [-0.39, 0.29) is 6.61 Å². The second kappa shape index (κ2) is 7.73. The number of nitrogens with two attached hydrogens (primary N) is 1. The first-order valence-electron chi connectivity index (χ1n) is 5.64. The second-order valence-electron chi connectivity index (χ2n) is 3.55. The van der Waals surface area contributed by atoms with Gasteiger partial charge in [0.1, 0.15) is 6.54 Å². The van der Waals surface area contributed by atoms with Crippen molar-refractivity contribution < 1.29 is 19.9 Å². The molecule has 5 heteroatoms. The lowest BCUT2D eigenvalue weighted by atomic mass is 10.2. The van der Waals surface area contributed by atoms with Gasteiger partial charge >= 0.3 is 0 Å². The van der Waals surface area contributed by atoms with E-state index in [1.807, 2.05) is 13.0 Å². The molecule has 0 saturated heterocycles. The fourth-order valence-corrected chi connectivity index (χ4v) is 2.45. The summed E-state index contributed by atoms with van der Waals surface area (Å²) in [4.78, 5) is 0. The number of aliphatic hydroxyl groups excluding tert-OH is 1. The third kappa shape index (κ3) is 4.33.